The SMILES string of the molecule is COc1ccc(C(Br)c2ccc(F)c(Br)c2)c(OC)c1Br. The van der Waals surface area contributed by atoms with E-state index < -0.39 is 0 Å². The fourth-order valence-electron chi connectivity index (χ4n) is 1.97. The van der Waals surface area contributed by atoms with Crippen LogP contribution in [0.3, 0.4) is 0 Å². The zero-order valence-electron chi connectivity index (χ0n) is 11.3. The van der Waals surface area contributed by atoms with Gasteiger partial charge >= 0.3 is 0 Å². The predicted molar refractivity (Wildman–Crippen MR) is 92.1 cm³/mol. The first kappa shape index (κ1) is 16.8. The molecule has 0 heterocycles. The molecule has 0 N–H and O–H groups in total. The summed E-state index contributed by atoms with van der Waals surface area (Å²) in [4.78, 5) is -0.133. The highest BCUT2D eigenvalue weighted by molar-refractivity contribution is 9.11. The van der Waals surface area contributed by atoms with Crippen molar-refractivity contribution in [2.75, 3.05) is 14.2 Å². The molecule has 2 rings (SSSR count). The number of methoxy groups -OCH3 is 2. The molecule has 0 aliphatic rings. The molecule has 0 amide bonds. The zero-order valence-corrected chi connectivity index (χ0v) is 16.1. The van der Waals surface area contributed by atoms with Crippen LogP contribution in [-0.4, -0.2) is 14.2 Å². The first-order valence-corrected chi connectivity index (χ1v) is 8.49. The molecule has 0 saturated heterocycles. The Bertz CT molecular complexity index is 662. The minimum absolute atomic E-state index is 0.133. The summed E-state index contributed by atoms with van der Waals surface area (Å²) >= 11 is 10.3. The van der Waals surface area contributed by atoms with Crippen LogP contribution in [0.15, 0.2) is 39.3 Å². The quantitative estimate of drug-likeness (QED) is 0.509. The van der Waals surface area contributed by atoms with Gasteiger partial charge in [-0.1, -0.05) is 28.1 Å². The lowest BCUT2D eigenvalue weighted by atomic mass is 10.0. The van der Waals surface area contributed by atoms with Gasteiger partial charge < -0.3 is 9.47 Å². The summed E-state index contributed by atoms with van der Waals surface area (Å²) in [5.41, 5.74) is 1.84. The number of rotatable bonds is 4. The summed E-state index contributed by atoms with van der Waals surface area (Å²) in [6, 6.07) is 8.68. The molecule has 0 radical (unpaired) electrons. The van der Waals surface area contributed by atoms with E-state index >= 15 is 0 Å². The first-order chi connectivity index (χ1) is 9.99. The largest absolute Gasteiger partial charge is 0.495 e. The standard InChI is InChI=1S/C15H12Br3FO2/c1-20-12-6-4-9(15(21-2)14(12)18)13(17)8-3-5-11(19)10(16)7-8/h3-7,13H,1-2H3. The molecule has 2 nitrogen and oxygen atoms in total. The van der Waals surface area contributed by atoms with Gasteiger partial charge in [0.25, 0.3) is 0 Å². The summed E-state index contributed by atoms with van der Waals surface area (Å²) in [6.07, 6.45) is 0. The summed E-state index contributed by atoms with van der Waals surface area (Å²) in [7, 11) is 3.20. The highest BCUT2D eigenvalue weighted by Crippen LogP contribution is 2.44. The van der Waals surface area contributed by atoms with Crippen molar-refractivity contribution in [3.05, 3.63) is 56.2 Å². The maximum atomic E-state index is 13.4. The molecule has 0 spiro atoms. The van der Waals surface area contributed by atoms with Crippen molar-refractivity contribution >= 4 is 47.8 Å². The van der Waals surface area contributed by atoms with E-state index in [4.69, 9.17) is 9.47 Å². The number of benzene rings is 2. The lowest BCUT2D eigenvalue weighted by Gasteiger charge is -2.18. The Morgan fingerprint density at radius 1 is 1.05 bits per heavy atom. The minimum atomic E-state index is -0.290. The molecule has 1 atom stereocenters. The first-order valence-electron chi connectivity index (χ1n) is 5.99. The van der Waals surface area contributed by atoms with Crippen LogP contribution in [0, 0.1) is 5.82 Å². The predicted octanol–water partition coefficient (Wildman–Crippen LogP) is 5.85. The smallest absolute Gasteiger partial charge is 0.141 e. The fraction of sp³-hybridized carbons (Fsp3) is 0.200. The van der Waals surface area contributed by atoms with Crippen molar-refractivity contribution in [3.8, 4) is 11.5 Å². The monoisotopic (exact) mass is 480 g/mol. The van der Waals surface area contributed by atoms with Gasteiger partial charge in [0.05, 0.1) is 23.5 Å². The molecule has 6 heteroatoms. The second-order valence-electron chi connectivity index (χ2n) is 4.24. The van der Waals surface area contributed by atoms with Crippen LogP contribution in [0.5, 0.6) is 11.5 Å². The van der Waals surface area contributed by atoms with Gasteiger partial charge in [-0.3, -0.25) is 0 Å². The molecule has 2 aromatic rings. The molecule has 2 aromatic carbocycles. The van der Waals surface area contributed by atoms with Crippen molar-refractivity contribution in [1.82, 2.24) is 0 Å². The Kier molecular flexibility index (Phi) is 5.68. The molecular weight excluding hydrogens is 471 g/mol. The van der Waals surface area contributed by atoms with Crippen molar-refractivity contribution in [2.24, 2.45) is 0 Å². The summed E-state index contributed by atoms with van der Waals surface area (Å²) < 4.78 is 25.3. The Balaban J connectivity index is 2.50. The summed E-state index contributed by atoms with van der Waals surface area (Å²) in [5, 5.41) is 0. The normalized spacial score (nSPS) is 12.1. The molecule has 0 aliphatic heterocycles. The maximum Gasteiger partial charge on any atom is 0.141 e. The summed E-state index contributed by atoms with van der Waals surface area (Å²) in [6.45, 7) is 0. The molecule has 0 aliphatic carbocycles. The van der Waals surface area contributed by atoms with Gasteiger partial charge in [-0.2, -0.15) is 0 Å². The van der Waals surface area contributed by atoms with E-state index in [-0.39, 0.29) is 10.6 Å². The fourth-order valence-corrected chi connectivity index (χ4v) is 3.69. The molecule has 21 heavy (non-hydrogen) atoms. The van der Waals surface area contributed by atoms with Crippen molar-refractivity contribution in [2.45, 2.75) is 4.83 Å². The van der Waals surface area contributed by atoms with Gasteiger partial charge in [-0.15, -0.1) is 0 Å². The van der Waals surface area contributed by atoms with E-state index in [2.05, 4.69) is 47.8 Å². The van der Waals surface area contributed by atoms with Gasteiger partial charge in [-0.25, -0.2) is 4.39 Å². The lowest BCUT2D eigenvalue weighted by Crippen LogP contribution is -2.00. The molecule has 0 bridgehead atoms. The molecule has 112 valence electrons. The van der Waals surface area contributed by atoms with Crippen LogP contribution in [0.4, 0.5) is 4.39 Å². The van der Waals surface area contributed by atoms with Crippen LogP contribution >= 0.6 is 47.8 Å². The van der Waals surface area contributed by atoms with Crippen LogP contribution < -0.4 is 9.47 Å². The van der Waals surface area contributed by atoms with Crippen molar-refractivity contribution in [3.63, 3.8) is 0 Å². The average Bonchev–Trinajstić information content (AvgIpc) is 2.49. The second-order valence-corrected chi connectivity index (χ2v) is 6.80. The van der Waals surface area contributed by atoms with Gasteiger partial charge in [0.1, 0.15) is 21.8 Å². The number of halogens is 4. The van der Waals surface area contributed by atoms with E-state index in [9.17, 15) is 4.39 Å². The van der Waals surface area contributed by atoms with E-state index in [0.29, 0.717) is 16.0 Å². The number of hydrogen-bond donors (Lipinski definition) is 0. The van der Waals surface area contributed by atoms with Crippen LogP contribution in [0.25, 0.3) is 0 Å². The number of hydrogen-bond acceptors (Lipinski definition) is 2. The summed E-state index contributed by atoms with van der Waals surface area (Å²) in [5.74, 6) is 1.08. The van der Waals surface area contributed by atoms with Gasteiger partial charge in [0.15, 0.2) is 0 Å². The lowest BCUT2D eigenvalue weighted by molar-refractivity contribution is 0.386. The third-order valence-electron chi connectivity index (χ3n) is 3.03. The molecule has 0 aromatic heterocycles. The van der Waals surface area contributed by atoms with Gasteiger partial charge in [0, 0.05) is 5.56 Å². The molecule has 0 saturated carbocycles. The molecule has 0 fully saturated rings. The van der Waals surface area contributed by atoms with E-state index in [1.165, 1.54) is 6.07 Å². The Labute approximate surface area is 148 Å². The number of ether oxygens (including phenoxy) is 2. The Morgan fingerprint density at radius 3 is 2.33 bits per heavy atom. The third kappa shape index (κ3) is 3.43. The van der Waals surface area contributed by atoms with Crippen LogP contribution in [0.2, 0.25) is 0 Å². The zero-order chi connectivity index (χ0) is 15.6. The van der Waals surface area contributed by atoms with Crippen LogP contribution in [-0.2, 0) is 0 Å². The highest BCUT2D eigenvalue weighted by Gasteiger charge is 2.20. The maximum absolute atomic E-state index is 13.4. The van der Waals surface area contributed by atoms with Crippen LogP contribution in [0.1, 0.15) is 16.0 Å². The minimum Gasteiger partial charge on any atom is -0.495 e. The topological polar surface area (TPSA) is 18.5 Å². The van der Waals surface area contributed by atoms with Gasteiger partial charge in [-0.05, 0) is 55.6 Å². The van der Waals surface area contributed by atoms with Gasteiger partial charge in [0.2, 0.25) is 0 Å². The van der Waals surface area contributed by atoms with Crippen molar-refractivity contribution in [1.29, 1.82) is 0 Å². The van der Waals surface area contributed by atoms with Crippen molar-refractivity contribution < 1.29 is 13.9 Å². The average molecular weight is 483 g/mol. The Hall–Kier alpha value is -0.590. The third-order valence-corrected chi connectivity index (χ3v) is 5.41. The number of alkyl halides is 1. The van der Waals surface area contributed by atoms with E-state index in [0.717, 1.165) is 15.6 Å². The highest BCUT2D eigenvalue weighted by atomic mass is 79.9. The molecular formula is C15H12Br3FO2. The Morgan fingerprint density at radius 2 is 1.76 bits per heavy atom. The second kappa shape index (κ2) is 7.11. The van der Waals surface area contributed by atoms with E-state index in [1.54, 1.807) is 26.4 Å². The van der Waals surface area contributed by atoms with E-state index in [1.807, 2.05) is 12.1 Å². The molecule has 1 unspecified atom stereocenters.